The van der Waals surface area contributed by atoms with E-state index in [2.05, 4.69) is 19.2 Å². The number of hydrogen-bond donors (Lipinski definition) is 1. The lowest BCUT2D eigenvalue weighted by Gasteiger charge is -2.38. The third kappa shape index (κ3) is 3.28. The van der Waals surface area contributed by atoms with Crippen LogP contribution in [0.15, 0.2) is 45.4 Å². The number of esters is 1. The van der Waals surface area contributed by atoms with E-state index in [1.165, 1.54) is 0 Å². The summed E-state index contributed by atoms with van der Waals surface area (Å²) >= 11 is 0. The highest BCUT2D eigenvalue weighted by atomic mass is 16.5. The molecule has 0 amide bonds. The Morgan fingerprint density at radius 3 is 2.68 bits per heavy atom. The molecule has 134 valence electrons. The van der Waals surface area contributed by atoms with Crippen molar-refractivity contribution in [3.05, 3.63) is 46.7 Å². The number of dihydropyridines is 1. The van der Waals surface area contributed by atoms with Crippen LogP contribution in [0.3, 0.4) is 0 Å². The standard InChI is InChI=1S/C20H25NO4/c1-11(2)25-19(23)16-12(3)21-13-9-20(4,5)10-14(22)17(13)18(16)15-7-6-8-24-15/h6-8,11,18,21H,9-10H2,1-5H3/t18-/m0/s1. The highest BCUT2D eigenvalue weighted by Gasteiger charge is 2.44. The fraction of sp³-hybridized carbons (Fsp3) is 0.500. The third-order valence-electron chi connectivity index (χ3n) is 4.63. The number of furan rings is 1. The Balaban J connectivity index is 2.12. The predicted octanol–water partition coefficient (Wildman–Crippen LogP) is 3.84. The first kappa shape index (κ1) is 17.5. The second kappa shape index (κ2) is 6.21. The van der Waals surface area contributed by atoms with Gasteiger partial charge in [0.15, 0.2) is 5.78 Å². The summed E-state index contributed by atoms with van der Waals surface area (Å²) in [7, 11) is 0. The monoisotopic (exact) mass is 343 g/mol. The summed E-state index contributed by atoms with van der Waals surface area (Å²) in [4.78, 5) is 25.7. The molecule has 2 aliphatic rings. The Bertz CT molecular complexity index is 766. The van der Waals surface area contributed by atoms with Gasteiger partial charge in [-0.3, -0.25) is 4.79 Å². The molecule has 3 rings (SSSR count). The first-order chi connectivity index (χ1) is 11.7. The number of carbonyl (C=O) groups excluding carboxylic acids is 2. The molecule has 1 aromatic rings. The molecule has 1 N–H and O–H groups in total. The van der Waals surface area contributed by atoms with Gasteiger partial charge in [0, 0.05) is 23.4 Å². The maximum absolute atomic E-state index is 12.9. The van der Waals surface area contributed by atoms with Gasteiger partial charge < -0.3 is 14.5 Å². The van der Waals surface area contributed by atoms with Crippen LogP contribution in [-0.4, -0.2) is 17.9 Å². The summed E-state index contributed by atoms with van der Waals surface area (Å²) in [5.74, 6) is -0.272. The largest absolute Gasteiger partial charge is 0.468 e. The van der Waals surface area contributed by atoms with Gasteiger partial charge in [0.05, 0.1) is 23.9 Å². The smallest absolute Gasteiger partial charge is 0.337 e. The van der Waals surface area contributed by atoms with E-state index in [1.807, 2.05) is 26.8 Å². The highest BCUT2D eigenvalue weighted by molar-refractivity contribution is 6.04. The van der Waals surface area contributed by atoms with Crippen LogP contribution in [0.5, 0.6) is 0 Å². The molecular formula is C20H25NO4. The molecule has 5 nitrogen and oxygen atoms in total. The zero-order valence-corrected chi connectivity index (χ0v) is 15.4. The zero-order valence-electron chi connectivity index (χ0n) is 15.4. The lowest BCUT2D eigenvalue weighted by molar-refractivity contribution is -0.143. The highest BCUT2D eigenvalue weighted by Crippen LogP contribution is 2.46. The lowest BCUT2D eigenvalue weighted by atomic mass is 9.69. The normalized spacial score (nSPS) is 22.8. The molecule has 1 aliphatic carbocycles. The van der Waals surface area contributed by atoms with Gasteiger partial charge in [0.25, 0.3) is 0 Å². The van der Waals surface area contributed by atoms with Crippen molar-refractivity contribution in [2.24, 2.45) is 5.41 Å². The number of carbonyl (C=O) groups is 2. The first-order valence-corrected chi connectivity index (χ1v) is 8.68. The van der Waals surface area contributed by atoms with Gasteiger partial charge in [-0.15, -0.1) is 0 Å². The van der Waals surface area contributed by atoms with Gasteiger partial charge in [-0.05, 0) is 44.7 Å². The zero-order chi connectivity index (χ0) is 18.4. The molecule has 2 heterocycles. The van der Waals surface area contributed by atoms with E-state index in [1.54, 1.807) is 12.3 Å². The van der Waals surface area contributed by atoms with Crippen LogP contribution in [0.1, 0.15) is 59.1 Å². The molecule has 25 heavy (non-hydrogen) atoms. The summed E-state index contributed by atoms with van der Waals surface area (Å²) in [5.41, 5.74) is 2.59. The second-order valence-electron chi connectivity index (χ2n) is 7.90. The molecule has 0 bridgehead atoms. The molecule has 1 aromatic heterocycles. The van der Waals surface area contributed by atoms with Crippen molar-refractivity contribution in [1.82, 2.24) is 5.32 Å². The minimum atomic E-state index is -0.513. The number of nitrogens with one attached hydrogen (secondary N) is 1. The van der Waals surface area contributed by atoms with E-state index < -0.39 is 11.9 Å². The predicted molar refractivity (Wildman–Crippen MR) is 93.6 cm³/mol. The van der Waals surface area contributed by atoms with Crippen molar-refractivity contribution in [2.45, 2.75) is 59.5 Å². The Morgan fingerprint density at radius 2 is 2.08 bits per heavy atom. The van der Waals surface area contributed by atoms with Crippen LogP contribution in [0.25, 0.3) is 0 Å². The van der Waals surface area contributed by atoms with Gasteiger partial charge in [-0.1, -0.05) is 13.8 Å². The van der Waals surface area contributed by atoms with Crippen LogP contribution < -0.4 is 5.32 Å². The van der Waals surface area contributed by atoms with Gasteiger partial charge in [0.2, 0.25) is 0 Å². The average Bonchev–Trinajstić information content (AvgIpc) is 2.96. The van der Waals surface area contributed by atoms with Crippen molar-refractivity contribution < 1.29 is 18.7 Å². The second-order valence-corrected chi connectivity index (χ2v) is 7.90. The van der Waals surface area contributed by atoms with E-state index in [0.717, 1.165) is 17.8 Å². The Morgan fingerprint density at radius 1 is 1.36 bits per heavy atom. The number of Topliss-reactive ketones (excluding diaryl/α,β-unsaturated/α-hetero) is 1. The van der Waals surface area contributed by atoms with E-state index in [-0.39, 0.29) is 17.3 Å². The molecule has 1 aliphatic heterocycles. The first-order valence-electron chi connectivity index (χ1n) is 8.68. The summed E-state index contributed by atoms with van der Waals surface area (Å²) in [5, 5.41) is 3.30. The van der Waals surface area contributed by atoms with Crippen LogP contribution in [0.2, 0.25) is 0 Å². The molecule has 0 radical (unpaired) electrons. The van der Waals surface area contributed by atoms with E-state index >= 15 is 0 Å². The van der Waals surface area contributed by atoms with Crippen LogP contribution in [-0.2, 0) is 14.3 Å². The number of ketones is 1. The molecular weight excluding hydrogens is 318 g/mol. The molecule has 0 spiro atoms. The van der Waals surface area contributed by atoms with E-state index in [4.69, 9.17) is 9.15 Å². The topological polar surface area (TPSA) is 68.5 Å². The van der Waals surface area contributed by atoms with Gasteiger partial charge in [-0.25, -0.2) is 4.79 Å². The van der Waals surface area contributed by atoms with Crippen molar-refractivity contribution >= 4 is 11.8 Å². The third-order valence-corrected chi connectivity index (χ3v) is 4.63. The van der Waals surface area contributed by atoms with Gasteiger partial charge in [-0.2, -0.15) is 0 Å². The molecule has 0 unspecified atom stereocenters. The van der Waals surface area contributed by atoms with Crippen molar-refractivity contribution in [3.8, 4) is 0 Å². The molecule has 0 saturated carbocycles. The molecule has 1 atom stereocenters. The van der Waals surface area contributed by atoms with Crippen molar-refractivity contribution in [3.63, 3.8) is 0 Å². The quantitative estimate of drug-likeness (QED) is 0.845. The number of allylic oxidation sites excluding steroid dienone is 3. The van der Waals surface area contributed by atoms with Gasteiger partial charge in [0.1, 0.15) is 5.76 Å². The number of hydrogen-bond acceptors (Lipinski definition) is 5. The molecule has 0 saturated heterocycles. The Kier molecular flexibility index (Phi) is 4.35. The maximum atomic E-state index is 12.9. The molecule has 0 aromatic carbocycles. The SMILES string of the molecule is CC1=C(C(=O)OC(C)C)[C@H](c2ccco2)C2=C(CC(C)(C)CC2=O)N1. The van der Waals surface area contributed by atoms with Gasteiger partial charge >= 0.3 is 5.97 Å². The van der Waals surface area contributed by atoms with Crippen molar-refractivity contribution in [2.75, 3.05) is 0 Å². The average molecular weight is 343 g/mol. The maximum Gasteiger partial charge on any atom is 0.337 e. The van der Waals surface area contributed by atoms with Crippen LogP contribution in [0.4, 0.5) is 0 Å². The minimum Gasteiger partial charge on any atom is -0.468 e. The minimum absolute atomic E-state index is 0.0579. The van der Waals surface area contributed by atoms with Crippen LogP contribution >= 0.6 is 0 Å². The Hall–Kier alpha value is -2.30. The summed E-state index contributed by atoms with van der Waals surface area (Å²) < 4.78 is 11.0. The fourth-order valence-electron chi connectivity index (χ4n) is 3.72. The summed E-state index contributed by atoms with van der Waals surface area (Å²) in [6.07, 6.45) is 2.54. The number of ether oxygens (including phenoxy) is 1. The molecule has 5 heteroatoms. The van der Waals surface area contributed by atoms with Crippen LogP contribution in [0, 0.1) is 5.41 Å². The van der Waals surface area contributed by atoms with Crippen molar-refractivity contribution in [1.29, 1.82) is 0 Å². The van der Waals surface area contributed by atoms with E-state index in [0.29, 0.717) is 23.3 Å². The fourth-order valence-corrected chi connectivity index (χ4v) is 3.72. The summed E-state index contributed by atoms with van der Waals surface area (Å²) in [6, 6.07) is 3.58. The van der Waals surface area contributed by atoms with E-state index in [9.17, 15) is 9.59 Å². The molecule has 0 fully saturated rings. The Labute approximate surface area is 148 Å². The lowest BCUT2D eigenvalue weighted by Crippen LogP contribution is -2.38. The summed E-state index contributed by atoms with van der Waals surface area (Å²) in [6.45, 7) is 9.64. The number of rotatable bonds is 3.